The van der Waals surface area contributed by atoms with E-state index < -0.39 is 0 Å². The fourth-order valence-electron chi connectivity index (χ4n) is 2.16. The Hall–Kier alpha value is -0.760. The van der Waals surface area contributed by atoms with Crippen molar-refractivity contribution in [2.45, 2.75) is 65.3 Å². The second kappa shape index (κ2) is 8.35. The number of furan rings is 1. The first-order chi connectivity index (χ1) is 8.29. The SMILES string of the molecule is CCCCCCC(NCCC)c1occc1C. The third kappa shape index (κ3) is 4.95. The zero-order valence-corrected chi connectivity index (χ0v) is 11.6. The molecule has 0 saturated carbocycles. The number of unbranched alkanes of at least 4 members (excludes halogenated alkanes) is 3. The normalized spacial score (nSPS) is 12.9. The Morgan fingerprint density at radius 2 is 2.00 bits per heavy atom. The Balaban J connectivity index is 2.46. The maximum absolute atomic E-state index is 5.62. The lowest BCUT2D eigenvalue weighted by atomic mass is 10.0. The highest BCUT2D eigenvalue weighted by molar-refractivity contribution is 5.18. The molecule has 0 aromatic carbocycles. The van der Waals surface area contributed by atoms with Crippen LogP contribution in [0.2, 0.25) is 0 Å². The second-order valence-corrected chi connectivity index (χ2v) is 4.82. The standard InChI is InChI=1S/C15H27NO/c1-4-6-7-8-9-14(16-11-5-2)15-13(3)10-12-17-15/h10,12,14,16H,4-9,11H2,1-3H3. The average molecular weight is 237 g/mol. The van der Waals surface area contributed by atoms with Crippen LogP contribution >= 0.6 is 0 Å². The van der Waals surface area contributed by atoms with Gasteiger partial charge in [-0.25, -0.2) is 0 Å². The Kier molecular flexibility index (Phi) is 7.02. The van der Waals surface area contributed by atoms with Gasteiger partial charge in [-0.3, -0.25) is 0 Å². The highest BCUT2D eigenvalue weighted by atomic mass is 16.3. The van der Waals surface area contributed by atoms with Crippen molar-refractivity contribution in [3.8, 4) is 0 Å². The van der Waals surface area contributed by atoms with Crippen molar-refractivity contribution in [2.24, 2.45) is 0 Å². The highest BCUT2D eigenvalue weighted by Gasteiger charge is 2.15. The molecule has 1 N–H and O–H groups in total. The maximum atomic E-state index is 5.62. The molecule has 1 unspecified atom stereocenters. The minimum atomic E-state index is 0.404. The molecule has 0 bridgehead atoms. The quantitative estimate of drug-likeness (QED) is 0.635. The molecule has 2 heteroatoms. The molecule has 0 aliphatic heterocycles. The molecule has 0 fully saturated rings. The number of aryl methyl sites for hydroxylation is 1. The molecule has 0 spiro atoms. The van der Waals surface area contributed by atoms with E-state index in [9.17, 15) is 0 Å². The Labute approximate surface area is 106 Å². The van der Waals surface area contributed by atoms with Crippen molar-refractivity contribution in [2.75, 3.05) is 6.54 Å². The molecule has 0 aliphatic rings. The van der Waals surface area contributed by atoms with E-state index in [0.717, 1.165) is 12.3 Å². The van der Waals surface area contributed by atoms with E-state index >= 15 is 0 Å². The third-order valence-corrected chi connectivity index (χ3v) is 3.21. The van der Waals surface area contributed by atoms with Crippen LogP contribution in [0.5, 0.6) is 0 Å². The topological polar surface area (TPSA) is 25.2 Å². The van der Waals surface area contributed by atoms with Crippen molar-refractivity contribution in [1.82, 2.24) is 5.32 Å². The smallest absolute Gasteiger partial charge is 0.123 e. The van der Waals surface area contributed by atoms with Gasteiger partial charge in [0.15, 0.2) is 0 Å². The fraction of sp³-hybridized carbons (Fsp3) is 0.733. The van der Waals surface area contributed by atoms with Gasteiger partial charge < -0.3 is 9.73 Å². The fourth-order valence-corrected chi connectivity index (χ4v) is 2.16. The van der Waals surface area contributed by atoms with Crippen molar-refractivity contribution >= 4 is 0 Å². The molecule has 0 amide bonds. The Morgan fingerprint density at radius 3 is 2.59 bits per heavy atom. The van der Waals surface area contributed by atoms with Crippen molar-refractivity contribution in [3.63, 3.8) is 0 Å². The lowest BCUT2D eigenvalue weighted by molar-refractivity contribution is 0.382. The molecule has 0 aliphatic carbocycles. The van der Waals surface area contributed by atoms with E-state index in [1.54, 1.807) is 6.26 Å². The minimum Gasteiger partial charge on any atom is -0.467 e. The molecule has 98 valence electrons. The molecule has 2 nitrogen and oxygen atoms in total. The molecule has 1 aromatic heterocycles. The molecular formula is C15H27NO. The van der Waals surface area contributed by atoms with Crippen LogP contribution < -0.4 is 5.32 Å². The summed E-state index contributed by atoms with van der Waals surface area (Å²) in [7, 11) is 0. The predicted molar refractivity (Wildman–Crippen MR) is 73.2 cm³/mol. The second-order valence-electron chi connectivity index (χ2n) is 4.82. The summed E-state index contributed by atoms with van der Waals surface area (Å²) >= 11 is 0. The van der Waals surface area contributed by atoms with E-state index in [2.05, 4.69) is 32.2 Å². The van der Waals surface area contributed by atoms with Gasteiger partial charge in [-0.1, -0.05) is 39.5 Å². The summed E-state index contributed by atoms with van der Waals surface area (Å²) in [5, 5.41) is 3.60. The van der Waals surface area contributed by atoms with Gasteiger partial charge >= 0.3 is 0 Å². The van der Waals surface area contributed by atoms with Gasteiger partial charge in [0.25, 0.3) is 0 Å². The van der Waals surface area contributed by atoms with Crippen LogP contribution in [-0.2, 0) is 0 Å². The summed E-state index contributed by atoms with van der Waals surface area (Å²) in [6.07, 6.45) is 9.43. The van der Waals surface area contributed by atoms with Crippen LogP contribution in [0.15, 0.2) is 16.7 Å². The number of hydrogen-bond donors (Lipinski definition) is 1. The lowest BCUT2D eigenvalue weighted by Gasteiger charge is -2.17. The molecule has 1 atom stereocenters. The van der Waals surface area contributed by atoms with Crippen LogP contribution in [0.1, 0.15) is 69.7 Å². The molecule has 17 heavy (non-hydrogen) atoms. The Bertz CT molecular complexity index is 293. The van der Waals surface area contributed by atoms with Crippen LogP contribution in [-0.4, -0.2) is 6.54 Å². The van der Waals surface area contributed by atoms with Crippen LogP contribution in [0.3, 0.4) is 0 Å². The molecule has 0 radical (unpaired) electrons. The van der Waals surface area contributed by atoms with Crippen molar-refractivity contribution < 1.29 is 4.42 Å². The number of nitrogens with one attached hydrogen (secondary N) is 1. The third-order valence-electron chi connectivity index (χ3n) is 3.21. The first kappa shape index (κ1) is 14.3. The summed E-state index contributed by atoms with van der Waals surface area (Å²) in [6, 6.07) is 2.46. The van der Waals surface area contributed by atoms with Gasteiger partial charge in [0.1, 0.15) is 5.76 Å². The summed E-state index contributed by atoms with van der Waals surface area (Å²) in [5.74, 6) is 1.13. The van der Waals surface area contributed by atoms with Gasteiger partial charge in [-0.2, -0.15) is 0 Å². The van der Waals surface area contributed by atoms with E-state index in [1.807, 2.05) is 0 Å². The average Bonchev–Trinajstić information content (AvgIpc) is 2.75. The monoisotopic (exact) mass is 237 g/mol. The van der Waals surface area contributed by atoms with Gasteiger partial charge in [0.2, 0.25) is 0 Å². The van der Waals surface area contributed by atoms with Gasteiger partial charge in [-0.15, -0.1) is 0 Å². The van der Waals surface area contributed by atoms with Crippen LogP contribution in [0.4, 0.5) is 0 Å². The van der Waals surface area contributed by atoms with Crippen molar-refractivity contribution in [3.05, 3.63) is 23.7 Å². The molecule has 1 heterocycles. The number of hydrogen-bond acceptors (Lipinski definition) is 2. The largest absolute Gasteiger partial charge is 0.467 e. The van der Waals surface area contributed by atoms with Gasteiger partial charge in [0.05, 0.1) is 12.3 Å². The summed E-state index contributed by atoms with van der Waals surface area (Å²) in [6.45, 7) is 7.66. The van der Waals surface area contributed by atoms with E-state index in [-0.39, 0.29) is 0 Å². The molecular weight excluding hydrogens is 210 g/mol. The molecule has 1 aromatic rings. The Morgan fingerprint density at radius 1 is 1.18 bits per heavy atom. The highest BCUT2D eigenvalue weighted by Crippen LogP contribution is 2.24. The zero-order valence-electron chi connectivity index (χ0n) is 11.6. The minimum absolute atomic E-state index is 0.404. The van der Waals surface area contributed by atoms with E-state index in [4.69, 9.17) is 4.42 Å². The summed E-state index contributed by atoms with van der Waals surface area (Å²) < 4.78 is 5.62. The summed E-state index contributed by atoms with van der Waals surface area (Å²) in [4.78, 5) is 0. The number of rotatable bonds is 9. The first-order valence-corrected chi connectivity index (χ1v) is 7.07. The van der Waals surface area contributed by atoms with Gasteiger partial charge in [-0.05, 0) is 37.9 Å². The lowest BCUT2D eigenvalue weighted by Crippen LogP contribution is -2.22. The maximum Gasteiger partial charge on any atom is 0.123 e. The summed E-state index contributed by atoms with van der Waals surface area (Å²) in [5.41, 5.74) is 1.27. The molecule has 1 rings (SSSR count). The first-order valence-electron chi connectivity index (χ1n) is 7.07. The van der Waals surface area contributed by atoms with E-state index in [0.29, 0.717) is 6.04 Å². The predicted octanol–water partition coefficient (Wildman–Crippen LogP) is 4.60. The zero-order chi connectivity index (χ0) is 12.5. The van der Waals surface area contributed by atoms with Gasteiger partial charge in [0, 0.05) is 0 Å². The van der Waals surface area contributed by atoms with E-state index in [1.165, 1.54) is 44.1 Å². The van der Waals surface area contributed by atoms with Crippen molar-refractivity contribution in [1.29, 1.82) is 0 Å². The van der Waals surface area contributed by atoms with Crippen LogP contribution in [0, 0.1) is 6.92 Å². The molecule has 0 saturated heterocycles. The van der Waals surface area contributed by atoms with Crippen LogP contribution in [0.25, 0.3) is 0 Å².